The minimum Gasteiger partial charge on any atom is -0.481 e. The third kappa shape index (κ3) is 10.8. The van der Waals surface area contributed by atoms with Crippen LogP contribution in [0.2, 0.25) is 0 Å². The van der Waals surface area contributed by atoms with E-state index >= 15 is 0 Å². The molecule has 0 saturated heterocycles. The van der Waals surface area contributed by atoms with Gasteiger partial charge in [-0.05, 0) is 18.3 Å². The Morgan fingerprint density at radius 1 is 1.12 bits per heavy atom. The highest BCUT2D eigenvalue weighted by Gasteiger charge is 2.10. The van der Waals surface area contributed by atoms with Crippen LogP contribution in [0.5, 0.6) is 0 Å². The monoisotopic (exact) mass is 230 g/mol. The summed E-state index contributed by atoms with van der Waals surface area (Å²) >= 11 is 0. The second kappa shape index (κ2) is 7.09. The first-order chi connectivity index (χ1) is 7.31. The van der Waals surface area contributed by atoms with Gasteiger partial charge in [0.1, 0.15) is 0 Å². The van der Waals surface area contributed by atoms with Crippen molar-refractivity contribution in [3.8, 4) is 0 Å². The third-order valence-electron chi connectivity index (χ3n) is 2.01. The fourth-order valence-electron chi connectivity index (χ4n) is 1.06. The number of hydrogen-bond acceptors (Lipinski definition) is 2. The molecule has 0 atom stereocenters. The van der Waals surface area contributed by atoms with E-state index in [1.54, 1.807) is 0 Å². The first kappa shape index (κ1) is 14.7. The van der Waals surface area contributed by atoms with Crippen LogP contribution in [-0.2, 0) is 4.79 Å². The van der Waals surface area contributed by atoms with E-state index in [-0.39, 0.29) is 17.9 Å². The molecular weight excluding hydrogens is 208 g/mol. The SMILES string of the molecule is CC(C)(C)CCNC(=O)NCCCC(=O)O. The molecule has 0 unspecified atom stereocenters. The second-order valence-corrected chi connectivity index (χ2v) is 4.99. The Balaban J connectivity index is 3.42. The molecular formula is C11H22N2O3. The molecule has 0 aromatic rings. The third-order valence-corrected chi connectivity index (χ3v) is 2.01. The largest absolute Gasteiger partial charge is 0.481 e. The summed E-state index contributed by atoms with van der Waals surface area (Å²) in [7, 11) is 0. The molecule has 0 heterocycles. The molecule has 5 heteroatoms. The molecule has 0 spiro atoms. The number of hydrogen-bond donors (Lipinski definition) is 3. The predicted octanol–water partition coefficient (Wildman–Crippen LogP) is 1.59. The molecule has 0 bridgehead atoms. The van der Waals surface area contributed by atoms with E-state index in [1.807, 2.05) is 0 Å². The van der Waals surface area contributed by atoms with Crippen LogP contribution in [0.15, 0.2) is 0 Å². The standard InChI is InChI=1S/C11H22N2O3/c1-11(2,3)6-8-13-10(16)12-7-4-5-9(14)15/h4-8H2,1-3H3,(H,14,15)(H2,12,13,16). The molecule has 94 valence electrons. The predicted molar refractivity (Wildman–Crippen MR) is 62.3 cm³/mol. The van der Waals surface area contributed by atoms with Crippen molar-refractivity contribution >= 4 is 12.0 Å². The fraction of sp³-hybridized carbons (Fsp3) is 0.818. The summed E-state index contributed by atoms with van der Waals surface area (Å²) in [5.74, 6) is -0.838. The van der Waals surface area contributed by atoms with Crippen LogP contribution in [0.1, 0.15) is 40.0 Å². The van der Waals surface area contributed by atoms with Crippen LogP contribution in [0.4, 0.5) is 4.79 Å². The zero-order chi connectivity index (χ0) is 12.6. The number of urea groups is 1. The van der Waals surface area contributed by atoms with E-state index in [4.69, 9.17) is 5.11 Å². The summed E-state index contributed by atoms with van der Waals surface area (Å²) in [5, 5.41) is 13.7. The summed E-state index contributed by atoms with van der Waals surface area (Å²) < 4.78 is 0. The zero-order valence-electron chi connectivity index (χ0n) is 10.3. The van der Waals surface area contributed by atoms with Gasteiger partial charge in [-0.1, -0.05) is 20.8 Å². The van der Waals surface area contributed by atoms with E-state index in [1.165, 1.54) is 0 Å². The first-order valence-corrected chi connectivity index (χ1v) is 5.55. The maximum atomic E-state index is 11.2. The quantitative estimate of drug-likeness (QED) is 0.606. The Hall–Kier alpha value is -1.26. The van der Waals surface area contributed by atoms with Crippen molar-refractivity contribution in [3.05, 3.63) is 0 Å². The van der Waals surface area contributed by atoms with Crippen LogP contribution in [0.3, 0.4) is 0 Å². The molecule has 16 heavy (non-hydrogen) atoms. The molecule has 0 radical (unpaired) electrons. The number of rotatable bonds is 6. The van der Waals surface area contributed by atoms with Crippen LogP contribution in [0, 0.1) is 5.41 Å². The van der Waals surface area contributed by atoms with Crippen molar-refractivity contribution in [2.75, 3.05) is 13.1 Å². The maximum absolute atomic E-state index is 11.2. The summed E-state index contributed by atoms with van der Waals surface area (Å²) in [6, 6.07) is -0.227. The number of aliphatic carboxylic acids is 1. The lowest BCUT2D eigenvalue weighted by atomic mass is 9.92. The molecule has 2 amide bonds. The summed E-state index contributed by atoms with van der Waals surface area (Å²) in [6.45, 7) is 7.36. The van der Waals surface area contributed by atoms with Gasteiger partial charge in [-0.25, -0.2) is 4.79 Å². The van der Waals surface area contributed by atoms with Crippen LogP contribution in [0.25, 0.3) is 0 Å². The molecule has 0 aliphatic heterocycles. The van der Waals surface area contributed by atoms with Crippen molar-refractivity contribution < 1.29 is 14.7 Å². The number of carboxylic acid groups (broad SMARTS) is 1. The van der Waals surface area contributed by atoms with Gasteiger partial charge in [0.2, 0.25) is 0 Å². The average Bonchev–Trinajstić information content (AvgIpc) is 2.10. The highest BCUT2D eigenvalue weighted by atomic mass is 16.4. The lowest BCUT2D eigenvalue weighted by Crippen LogP contribution is -2.37. The molecule has 3 N–H and O–H groups in total. The minimum absolute atomic E-state index is 0.0856. The van der Waals surface area contributed by atoms with Gasteiger partial charge in [0.15, 0.2) is 0 Å². The molecule has 0 saturated carbocycles. The van der Waals surface area contributed by atoms with Crippen molar-refractivity contribution in [2.24, 2.45) is 5.41 Å². The van der Waals surface area contributed by atoms with Crippen LogP contribution in [-0.4, -0.2) is 30.2 Å². The summed E-state index contributed by atoms with van der Waals surface area (Å²) in [4.78, 5) is 21.4. The Kier molecular flexibility index (Phi) is 6.53. The van der Waals surface area contributed by atoms with Crippen molar-refractivity contribution in [3.63, 3.8) is 0 Å². The smallest absolute Gasteiger partial charge is 0.314 e. The van der Waals surface area contributed by atoms with Gasteiger partial charge in [0.25, 0.3) is 0 Å². The molecule has 0 rings (SSSR count). The van der Waals surface area contributed by atoms with Gasteiger partial charge >= 0.3 is 12.0 Å². The fourth-order valence-corrected chi connectivity index (χ4v) is 1.06. The average molecular weight is 230 g/mol. The molecule has 0 aromatic carbocycles. The minimum atomic E-state index is -0.838. The van der Waals surface area contributed by atoms with E-state index < -0.39 is 5.97 Å². The second-order valence-electron chi connectivity index (χ2n) is 4.99. The topological polar surface area (TPSA) is 78.4 Å². The zero-order valence-corrected chi connectivity index (χ0v) is 10.3. The van der Waals surface area contributed by atoms with Gasteiger partial charge in [0.05, 0.1) is 0 Å². The first-order valence-electron chi connectivity index (χ1n) is 5.55. The summed E-state index contributed by atoms with van der Waals surface area (Å²) in [5.41, 5.74) is 0.205. The van der Waals surface area contributed by atoms with Gasteiger partial charge in [-0.3, -0.25) is 4.79 Å². The number of carbonyl (C=O) groups excluding carboxylic acids is 1. The van der Waals surface area contributed by atoms with Crippen LogP contribution < -0.4 is 10.6 Å². The molecule has 0 fully saturated rings. The van der Waals surface area contributed by atoms with E-state index in [9.17, 15) is 9.59 Å². The van der Waals surface area contributed by atoms with Crippen molar-refractivity contribution in [1.29, 1.82) is 0 Å². The summed E-state index contributed by atoms with van der Waals surface area (Å²) in [6.07, 6.45) is 1.46. The lowest BCUT2D eigenvalue weighted by molar-refractivity contribution is -0.137. The maximum Gasteiger partial charge on any atom is 0.314 e. The van der Waals surface area contributed by atoms with Gasteiger partial charge in [-0.15, -0.1) is 0 Å². The van der Waals surface area contributed by atoms with Crippen LogP contribution >= 0.6 is 0 Å². The number of amides is 2. The molecule has 5 nitrogen and oxygen atoms in total. The van der Waals surface area contributed by atoms with Gasteiger partial charge < -0.3 is 15.7 Å². The van der Waals surface area contributed by atoms with Crippen molar-refractivity contribution in [2.45, 2.75) is 40.0 Å². The van der Waals surface area contributed by atoms with E-state index in [0.29, 0.717) is 19.5 Å². The number of nitrogens with one attached hydrogen (secondary N) is 2. The molecule has 0 aromatic heterocycles. The Morgan fingerprint density at radius 3 is 2.19 bits per heavy atom. The van der Waals surface area contributed by atoms with E-state index in [2.05, 4.69) is 31.4 Å². The van der Waals surface area contributed by atoms with Gasteiger partial charge in [-0.2, -0.15) is 0 Å². The Labute approximate surface area is 96.6 Å². The number of carboxylic acids is 1. The molecule has 0 aliphatic carbocycles. The Morgan fingerprint density at radius 2 is 1.69 bits per heavy atom. The highest BCUT2D eigenvalue weighted by Crippen LogP contribution is 2.16. The molecule has 0 aliphatic rings. The number of carbonyl (C=O) groups is 2. The Bertz CT molecular complexity index is 234. The normalized spacial score (nSPS) is 10.9. The highest BCUT2D eigenvalue weighted by molar-refractivity contribution is 5.73. The van der Waals surface area contributed by atoms with Crippen molar-refractivity contribution in [1.82, 2.24) is 10.6 Å². The van der Waals surface area contributed by atoms with Gasteiger partial charge in [0, 0.05) is 19.5 Å². The van der Waals surface area contributed by atoms with E-state index in [0.717, 1.165) is 6.42 Å². The lowest BCUT2D eigenvalue weighted by Gasteiger charge is -2.18.